The second kappa shape index (κ2) is 10.1. The summed E-state index contributed by atoms with van der Waals surface area (Å²) in [5, 5.41) is 15.2. The van der Waals surface area contributed by atoms with E-state index in [4.69, 9.17) is 5.11 Å². The molecular weight excluding hydrogens is 278 g/mol. The van der Waals surface area contributed by atoms with Crippen LogP contribution in [0.1, 0.15) is 52.4 Å². The molecule has 0 aliphatic heterocycles. The van der Waals surface area contributed by atoms with Crippen molar-refractivity contribution in [1.82, 2.24) is 15.5 Å². The molecule has 130 valence electrons. The second-order valence-electron chi connectivity index (χ2n) is 7.34. The summed E-state index contributed by atoms with van der Waals surface area (Å²) in [6.45, 7) is 5.18. The SMILES string of the molecule is CC(C)CC(CCO)CNC(=O)NC1CCCC(N(C)C)C1. The van der Waals surface area contributed by atoms with Crippen LogP contribution in [0.4, 0.5) is 4.79 Å². The van der Waals surface area contributed by atoms with Crippen molar-refractivity contribution in [3.8, 4) is 0 Å². The highest BCUT2D eigenvalue weighted by atomic mass is 16.3. The number of carbonyl (C=O) groups is 1. The van der Waals surface area contributed by atoms with E-state index in [1.807, 2.05) is 0 Å². The predicted molar refractivity (Wildman–Crippen MR) is 90.9 cm³/mol. The molecule has 0 aromatic heterocycles. The van der Waals surface area contributed by atoms with Gasteiger partial charge in [0.1, 0.15) is 0 Å². The summed E-state index contributed by atoms with van der Waals surface area (Å²) < 4.78 is 0. The number of urea groups is 1. The standard InChI is InChI=1S/C17H35N3O2/c1-13(2)10-14(8-9-21)12-18-17(22)19-15-6-5-7-16(11-15)20(3)4/h13-16,21H,5-12H2,1-4H3,(H2,18,19,22). The maximum Gasteiger partial charge on any atom is 0.315 e. The molecule has 1 rings (SSSR count). The largest absolute Gasteiger partial charge is 0.396 e. The van der Waals surface area contributed by atoms with E-state index in [-0.39, 0.29) is 18.7 Å². The summed E-state index contributed by atoms with van der Waals surface area (Å²) in [6, 6.07) is 0.792. The van der Waals surface area contributed by atoms with Gasteiger partial charge in [-0.25, -0.2) is 4.79 Å². The van der Waals surface area contributed by atoms with E-state index in [2.05, 4.69) is 43.5 Å². The van der Waals surface area contributed by atoms with Crippen molar-refractivity contribution in [1.29, 1.82) is 0 Å². The first-order valence-corrected chi connectivity index (χ1v) is 8.74. The van der Waals surface area contributed by atoms with Crippen molar-refractivity contribution in [3.05, 3.63) is 0 Å². The molecule has 1 saturated carbocycles. The predicted octanol–water partition coefficient (Wildman–Crippen LogP) is 2.20. The summed E-state index contributed by atoms with van der Waals surface area (Å²) in [7, 11) is 4.22. The number of hydrogen-bond acceptors (Lipinski definition) is 3. The van der Waals surface area contributed by atoms with Crippen LogP contribution < -0.4 is 10.6 Å². The number of aliphatic hydroxyl groups is 1. The average molecular weight is 313 g/mol. The van der Waals surface area contributed by atoms with Crippen LogP contribution in [-0.2, 0) is 0 Å². The van der Waals surface area contributed by atoms with Crippen LogP contribution in [0.3, 0.4) is 0 Å². The van der Waals surface area contributed by atoms with Gasteiger partial charge >= 0.3 is 6.03 Å². The Hall–Kier alpha value is -0.810. The normalized spacial score (nSPS) is 23.6. The van der Waals surface area contributed by atoms with Crippen molar-refractivity contribution in [3.63, 3.8) is 0 Å². The van der Waals surface area contributed by atoms with E-state index in [9.17, 15) is 4.79 Å². The van der Waals surface area contributed by atoms with Crippen LogP contribution in [0.15, 0.2) is 0 Å². The molecule has 1 aliphatic rings. The van der Waals surface area contributed by atoms with Gasteiger partial charge in [0.15, 0.2) is 0 Å². The Morgan fingerprint density at radius 3 is 2.64 bits per heavy atom. The molecule has 0 spiro atoms. The third kappa shape index (κ3) is 7.45. The van der Waals surface area contributed by atoms with Gasteiger partial charge in [-0.15, -0.1) is 0 Å². The molecule has 5 nitrogen and oxygen atoms in total. The molecule has 5 heteroatoms. The number of carbonyl (C=O) groups excluding carboxylic acids is 1. The number of nitrogens with one attached hydrogen (secondary N) is 2. The van der Waals surface area contributed by atoms with Gasteiger partial charge in [-0.1, -0.05) is 13.8 Å². The monoisotopic (exact) mass is 313 g/mol. The lowest BCUT2D eigenvalue weighted by molar-refractivity contribution is 0.191. The highest BCUT2D eigenvalue weighted by molar-refractivity contribution is 5.74. The molecule has 2 amide bonds. The zero-order valence-electron chi connectivity index (χ0n) is 14.8. The zero-order chi connectivity index (χ0) is 16.5. The van der Waals surface area contributed by atoms with Crippen molar-refractivity contribution < 1.29 is 9.90 Å². The molecule has 1 aliphatic carbocycles. The van der Waals surface area contributed by atoms with E-state index >= 15 is 0 Å². The third-order valence-corrected chi connectivity index (χ3v) is 4.61. The maximum absolute atomic E-state index is 12.1. The third-order valence-electron chi connectivity index (χ3n) is 4.61. The minimum atomic E-state index is -0.0592. The molecular formula is C17H35N3O2. The first-order chi connectivity index (χ1) is 10.4. The molecule has 3 unspecified atom stereocenters. The first-order valence-electron chi connectivity index (χ1n) is 8.74. The molecule has 1 fully saturated rings. The molecule has 0 aromatic rings. The number of aliphatic hydroxyl groups excluding tert-OH is 1. The van der Waals surface area contributed by atoms with Gasteiger partial charge in [0.25, 0.3) is 0 Å². The molecule has 0 radical (unpaired) electrons. The van der Waals surface area contributed by atoms with Gasteiger partial charge in [-0.05, 0) is 64.5 Å². The molecule has 3 N–H and O–H groups in total. The number of hydrogen-bond donors (Lipinski definition) is 3. The molecule has 0 bridgehead atoms. The topological polar surface area (TPSA) is 64.6 Å². The van der Waals surface area contributed by atoms with Crippen LogP contribution in [0.2, 0.25) is 0 Å². The highest BCUT2D eigenvalue weighted by Gasteiger charge is 2.24. The van der Waals surface area contributed by atoms with Crippen LogP contribution in [-0.4, -0.2) is 55.4 Å². The van der Waals surface area contributed by atoms with Crippen molar-refractivity contribution in [2.75, 3.05) is 27.2 Å². The van der Waals surface area contributed by atoms with E-state index in [1.54, 1.807) is 0 Å². The molecule has 0 heterocycles. The fourth-order valence-corrected chi connectivity index (χ4v) is 3.39. The second-order valence-corrected chi connectivity index (χ2v) is 7.34. The molecule has 22 heavy (non-hydrogen) atoms. The van der Waals surface area contributed by atoms with Crippen molar-refractivity contribution in [2.24, 2.45) is 11.8 Å². The number of rotatable bonds is 8. The van der Waals surface area contributed by atoms with Gasteiger partial charge in [0.2, 0.25) is 0 Å². The smallest absolute Gasteiger partial charge is 0.315 e. The Morgan fingerprint density at radius 2 is 2.05 bits per heavy atom. The average Bonchev–Trinajstić information content (AvgIpc) is 2.44. The minimum Gasteiger partial charge on any atom is -0.396 e. The fraction of sp³-hybridized carbons (Fsp3) is 0.941. The molecule has 0 aromatic carbocycles. The summed E-state index contributed by atoms with van der Waals surface area (Å²) >= 11 is 0. The minimum absolute atomic E-state index is 0.0592. The summed E-state index contributed by atoms with van der Waals surface area (Å²) in [6.07, 6.45) is 6.29. The Bertz CT molecular complexity index is 321. The highest BCUT2D eigenvalue weighted by Crippen LogP contribution is 2.21. The Balaban J connectivity index is 2.32. The fourth-order valence-electron chi connectivity index (χ4n) is 3.39. The lowest BCUT2D eigenvalue weighted by Crippen LogP contribution is -2.48. The van der Waals surface area contributed by atoms with Crippen LogP contribution in [0, 0.1) is 11.8 Å². The van der Waals surface area contributed by atoms with Gasteiger partial charge in [-0.3, -0.25) is 0 Å². The zero-order valence-corrected chi connectivity index (χ0v) is 14.8. The van der Waals surface area contributed by atoms with Gasteiger partial charge < -0.3 is 20.6 Å². The van der Waals surface area contributed by atoms with Gasteiger partial charge in [0, 0.05) is 25.2 Å². The van der Waals surface area contributed by atoms with E-state index in [0.717, 1.165) is 25.7 Å². The Morgan fingerprint density at radius 1 is 1.32 bits per heavy atom. The van der Waals surface area contributed by atoms with E-state index in [0.29, 0.717) is 24.4 Å². The van der Waals surface area contributed by atoms with Crippen LogP contribution in [0.5, 0.6) is 0 Å². The quantitative estimate of drug-likeness (QED) is 0.644. The van der Waals surface area contributed by atoms with Crippen molar-refractivity contribution in [2.45, 2.75) is 64.5 Å². The summed E-state index contributed by atoms with van der Waals surface area (Å²) in [4.78, 5) is 14.3. The van der Waals surface area contributed by atoms with Crippen molar-refractivity contribution >= 4 is 6.03 Å². The van der Waals surface area contributed by atoms with E-state index in [1.165, 1.54) is 12.8 Å². The van der Waals surface area contributed by atoms with Crippen LogP contribution in [0.25, 0.3) is 0 Å². The number of nitrogens with zero attached hydrogens (tertiary/aromatic N) is 1. The number of amides is 2. The summed E-state index contributed by atoms with van der Waals surface area (Å²) in [5.41, 5.74) is 0. The first kappa shape index (κ1) is 19.2. The molecule has 3 atom stereocenters. The molecule has 0 saturated heterocycles. The maximum atomic E-state index is 12.1. The Labute approximate surface area is 135 Å². The summed E-state index contributed by atoms with van der Waals surface area (Å²) in [5.74, 6) is 0.942. The lowest BCUT2D eigenvalue weighted by Gasteiger charge is -2.33. The van der Waals surface area contributed by atoms with Gasteiger partial charge in [-0.2, -0.15) is 0 Å². The van der Waals surface area contributed by atoms with Gasteiger partial charge in [0.05, 0.1) is 0 Å². The Kier molecular flexibility index (Phi) is 8.79. The van der Waals surface area contributed by atoms with E-state index < -0.39 is 0 Å². The van der Waals surface area contributed by atoms with Crippen LogP contribution >= 0.6 is 0 Å². The lowest BCUT2D eigenvalue weighted by atomic mass is 9.90.